The molecule has 1 aliphatic rings. The molecule has 2 atom stereocenters. The summed E-state index contributed by atoms with van der Waals surface area (Å²) in [7, 11) is 1.64. The maximum atomic E-state index is 11.8. The molecule has 1 fully saturated rings. The molecule has 0 aliphatic carbocycles. The topological polar surface area (TPSA) is 81.9 Å². The highest BCUT2D eigenvalue weighted by molar-refractivity contribution is 5.76. The van der Waals surface area contributed by atoms with Crippen LogP contribution in [-0.2, 0) is 14.3 Å². The number of nitrogens with zero attached hydrogens (tertiary/aromatic N) is 1. The summed E-state index contributed by atoms with van der Waals surface area (Å²) in [6.07, 6.45) is -0.879. The zero-order chi connectivity index (χ0) is 14.1. The number of hydrogen-bond donors (Lipinski definition) is 1. The van der Waals surface area contributed by atoms with Crippen molar-refractivity contribution in [2.24, 2.45) is 11.7 Å². The number of carbonyl (C=O) groups is 2. The maximum Gasteiger partial charge on any atom is 0.410 e. The molecule has 1 rings (SSSR count). The highest BCUT2D eigenvalue weighted by Crippen LogP contribution is 2.25. The van der Waals surface area contributed by atoms with E-state index in [-0.39, 0.29) is 5.92 Å². The monoisotopic (exact) mass is 258 g/mol. The van der Waals surface area contributed by atoms with E-state index >= 15 is 0 Å². The molecule has 0 saturated carbocycles. The van der Waals surface area contributed by atoms with Crippen molar-refractivity contribution >= 4 is 12.1 Å². The predicted molar refractivity (Wildman–Crippen MR) is 65.9 cm³/mol. The first-order chi connectivity index (χ1) is 8.15. The summed E-state index contributed by atoms with van der Waals surface area (Å²) in [5.74, 6) is -0.470. The molecule has 0 aromatic heterocycles. The van der Waals surface area contributed by atoms with Crippen LogP contribution < -0.4 is 5.73 Å². The Kier molecular flexibility index (Phi) is 4.21. The Morgan fingerprint density at radius 2 is 2.11 bits per heavy atom. The number of cyclic esters (lactones) is 1. The van der Waals surface area contributed by atoms with Crippen molar-refractivity contribution < 1.29 is 19.1 Å². The largest absolute Gasteiger partial charge is 0.454 e. The molecule has 2 N–H and O–H groups in total. The minimum atomic E-state index is -0.885. The maximum absolute atomic E-state index is 11.8. The van der Waals surface area contributed by atoms with Crippen LogP contribution in [0.5, 0.6) is 0 Å². The van der Waals surface area contributed by atoms with Gasteiger partial charge in [0.25, 0.3) is 0 Å². The van der Waals surface area contributed by atoms with Crippen LogP contribution in [0.3, 0.4) is 0 Å². The SMILES string of the molecule is CC(C)[C@H](N)C(=O)OC(C)(C)C1CN(C)C(=O)O1. The Bertz CT molecular complexity index is 341. The van der Waals surface area contributed by atoms with E-state index in [0.717, 1.165) is 0 Å². The number of esters is 1. The van der Waals surface area contributed by atoms with Gasteiger partial charge in [0.15, 0.2) is 6.10 Å². The fraction of sp³-hybridized carbons (Fsp3) is 0.833. The van der Waals surface area contributed by atoms with Crippen LogP contribution >= 0.6 is 0 Å². The van der Waals surface area contributed by atoms with Gasteiger partial charge in [-0.25, -0.2) is 4.79 Å². The molecule has 0 spiro atoms. The van der Waals surface area contributed by atoms with Crippen LogP contribution in [0.15, 0.2) is 0 Å². The van der Waals surface area contributed by atoms with Gasteiger partial charge in [-0.05, 0) is 19.8 Å². The van der Waals surface area contributed by atoms with E-state index in [1.165, 1.54) is 4.90 Å². The van der Waals surface area contributed by atoms with Crippen molar-refractivity contribution in [3.63, 3.8) is 0 Å². The van der Waals surface area contributed by atoms with Crippen LogP contribution in [0, 0.1) is 5.92 Å². The molecule has 104 valence electrons. The van der Waals surface area contributed by atoms with Crippen molar-refractivity contribution in [1.82, 2.24) is 4.90 Å². The first kappa shape index (κ1) is 14.8. The Morgan fingerprint density at radius 3 is 2.50 bits per heavy atom. The molecule has 6 nitrogen and oxygen atoms in total. The molecule has 1 aliphatic heterocycles. The molecule has 0 bridgehead atoms. The van der Waals surface area contributed by atoms with Gasteiger partial charge in [0.1, 0.15) is 11.6 Å². The molecule has 0 radical (unpaired) electrons. The fourth-order valence-electron chi connectivity index (χ4n) is 1.60. The minimum absolute atomic E-state index is 0.00195. The lowest BCUT2D eigenvalue weighted by Gasteiger charge is -2.31. The zero-order valence-electron chi connectivity index (χ0n) is 11.6. The van der Waals surface area contributed by atoms with Crippen molar-refractivity contribution in [3.8, 4) is 0 Å². The van der Waals surface area contributed by atoms with Gasteiger partial charge in [-0.15, -0.1) is 0 Å². The van der Waals surface area contributed by atoms with E-state index < -0.39 is 29.8 Å². The molecular formula is C12H22N2O4. The molecule has 18 heavy (non-hydrogen) atoms. The van der Waals surface area contributed by atoms with E-state index in [4.69, 9.17) is 15.2 Å². The fourth-order valence-corrected chi connectivity index (χ4v) is 1.60. The lowest BCUT2D eigenvalue weighted by Crippen LogP contribution is -2.48. The van der Waals surface area contributed by atoms with Gasteiger partial charge in [0.2, 0.25) is 0 Å². The van der Waals surface area contributed by atoms with Crippen molar-refractivity contribution in [2.45, 2.75) is 45.4 Å². The molecule has 0 aromatic rings. The van der Waals surface area contributed by atoms with Crippen molar-refractivity contribution in [3.05, 3.63) is 0 Å². The van der Waals surface area contributed by atoms with Crippen LogP contribution in [0.4, 0.5) is 4.79 Å². The summed E-state index contributed by atoms with van der Waals surface area (Å²) in [5, 5.41) is 0. The molecule has 1 unspecified atom stereocenters. The van der Waals surface area contributed by atoms with Crippen LogP contribution in [0.1, 0.15) is 27.7 Å². The molecular weight excluding hydrogens is 236 g/mol. The first-order valence-electron chi connectivity index (χ1n) is 6.05. The van der Waals surface area contributed by atoms with E-state index in [0.29, 0.717) is 6.54 Å². The number of carbonyl (C=O) groups excluding carboxylic acids is 2. The quantitative estimate of drug-likeness (QED) is 0.752. The highest BCUT2D eigenvalue weighted by Gasteiger charge is 2.43. The Hall–Kier alpha value is -1.30. The summed E-state index contributed by atoms with van der Waals surface area (Å²) in [4.78, 5) is 24.6. The number of hydrogen-bond acceptors (Lipinski definition) is 5. The van der Waals surface area contributed by atoms with E-state index in [2.05, 4.69) is 0 Å². The third-order valence-electron chi connectivity index (χ3n) is 3.12. The van der Waals surface area contributed by atoms with Gasteiger partial charge < -0.3 is 20.1 Å². The normalized spacial score (nSPS) is 22.1. The predicted octanol–water partition coefficient (Wildman–Crippen LogP) is 0.742. The van der Waals surface area contributed by atoms with Gasteiger partial charge in [-0.2, -0.15) is 0 Å². The van der Waals surface area contributed by atoms with E-state index in [1.54, 1.807) is 20.9 Å². The molecule has 1 heterocycles. The van der Waals surface area contributed by atoms with Crippen LogP contribution in [0.2, 0.25) is 0 Å². The van der Waals surface area contributed by atoms with E-state index in [9.17, 15) is 9.59 Å². The summed E-state index contributed by atoms with van der Waals surface area (Å²) in [6.45, 7) is 7.53. The van der Waals surface area contributed by atoms with Crippen molar-refractivity contribution in [1.29, 1.82) is 0 Å². The Morgan fingerprint density at radius 1 is 1.56 bits per heavy atom. The minimum Gasteiger partial charge on any atom is -0.454 e. The molecule has 0 aromatic carbocycles. The smallest absolute Gasteiger partial charge is 0.410 e. The van der Waals surface area contributed by atoms with Gasteiger partial charge in [-0.3, -0.25) is 4.79 Å². The third-order valence-corrected chi connectivity index (χ3v) is 3.12. The second kappa shape index (κ2) is 5.14. The van der Waals surface area contributed by atoms with E-state index in [1.807, 2.05) is 13.8 Å². The molecule has 1 amide bonds. The number of likely N-dealkylation sites (N-methyl/N-ethyl adjacent to an activating group) is 1. The van der Waals surface area contributed by atoms with Gasteiger partial charge >= 0.3 is 12.1 Å². The van der Waals surface area contributed by atoms with Crippen LogP contribution in [-0.4, -0.2) is 48.3 Å². The van der Waals surface area contributed by atoms with Crippen LogP contribution in [0.25, 0.3) is 0 Å². The standard InChI is InChI=1S/C12H22N2O4/c1-7(2)9(13)10(15)18-12(3,4)8-6-14(5)11(16)17-8/h7-9H,6,13H2,1-5H3/t8?,9-/m0/s1. The molecule has 1 saturated heterocycles. The van der Waals surface area contributed by atoms with Gasteiger partial charge in [-0.1, -0.05) is 13.8 Å². The van der Waals surface area contributed by atoms with Crippen molar-refractivity contribution in [2.75, 3.05) is 13.6 Å². The summed E-state index contributed by atoms with van der Waals surface area (Å²) in [6, 6.07) is -0.667. The first-order valence-corrected chi connectivity index (χ1v) is 6.05. The lowest BCUT2D eigenvalue weighted by atomic mass is 10.0. The second-order valence-electron chi connectivity index (χ2n) is 5.55. The molecule has 6 heteroatoms. The average Bonchev–Trinajstić information content (AvgIpc) is 2.58. The number of rotatable bonds is 4. The Balaban J connectivity index is 2.65. The lowest BCUT2D eigenvalue weighted by molar-refractivity contribution is -0.168. The number of amides is 1. The highest BCUT2D eigenvalue weighted by atomic mass is 16.6. The number of nitrogens with two attached hydrogens (primary N) is 1. The second-order valence-corrected chi connectivity index (χ2v) is 5.55. The third kappa shape index (κ3) is 3.13. The average molecular weight is 258 g/mol. The zero-order valence-corrected chi connectivity index (χ0v) is 11.6. The summed E-state index contributed by atoms with van der Waals surface area (Å²) >= 11 is 0. The Labute approximate surface area is 107 Å². The summed E-state index contributed by atoms with van der Waals surface area (Å²) in [5.41, 5.74) is 4.84. The van der Waals surface area contributed by atoms with Gasteiger partial charge in [0.05, 0.1) is 6.54 Å². The van der Waals surface area contributed by atoms with Gasteiger partial charge in [0, 0.05) is 7.05 Å². The number of ether oxygens (including phenoxy) is 2. The summed E-state index contributed by atoms with van der Waals surface area (Å²) < 4.78 is 10.5.